The minimum atomic E-state index is -1.98. The maximum absolute atomic E-state index is 15.3. The number of carbonyl (C=O) groups excluding carboxylic acids is 1. The van der Waals surface area contributed by atoms with E-state index in [2.05, 4.69) is 40.7 Å². The summed E-state index contributed by atoms with van der Waals surface area (Å²) in [5, 5.41) is 128. The Bertz CT molecular complexity index is 1900. The number of fused-ring (bicyclic) bond motifs is 7. The van der Waals surface area contributed by atoms with Crippen LogP contribution in [-0.2, 0) is 38.0 Å². The van der Waals surface area contributed by atoms with Crippen LogP contribution in [0.25, 0.3) is 0 Å². The Morgan fingerprint density at radius 3 is 1.85 bits per heavy atom. The van der Waals surface area contributed by atoms with E-state index in [1.54, 1.807) is 6.92 Å². The second-order valence-electron chi connectivity index (χ2n) is 23.3. The molecule has 20 heteroatoms. The van der Waals surface area contributed by atoms with Crippen LogP contribution in [0, 0.1) is 50.2 Å². The second-order valence-corrected chi connectivity index (χ2v) is 23.3. The summed E-state index contributed by atoms with van der Waals surface area (Å²) in [7, 11) is 0. The standard InChI is InChI=1S/C48H76O20/c1-43(2)13-15-48(16-14-45(4)21(22(48)17-43)7-8-26-44(3)11-10-28(51)47(6,41(60)61)27(44)9-12-46(26,45)5)42(62)68-40-36(59)37(67-39-35(58)33(56)30(53)24(19-50)65-39)31(54)25(66-40)20-63-38-34(57)32(55)29(52)23(18-49)64-38/h7,22-40,49-59H,8-20H2,1-6H3,(H,60,61)/t22?,23-,24-,25-,26?,27?,28?,29-,30-,31-,32+,33+,34-,35-,36-,37+,38-,39+,40+,44?,45?,46?,47?,48?/m1/s1. The van der Waals surface area contributed by atoms with Crippen molar-refractivity contribution in [3.8, 4) is 0 Å². The number of allylic oxidation sites excluding steroid dienone is 2. The summed E-state index contributed by atoms with van der Waals surface area (Å²) in [5.41, 5.74) is -2.48. The monoisotopic (exact) mass is 972 g/mol. The molecule has 12 N–H and O–H groups in total. The van der Waals surface area contributed by atoms with Gasteiger partial charge in [-0.2, -0.15) is 0 Å². The van der Waals surface area contributed by atoms with Crippen molar-refractivity contribution in [2.24, 2.45) is 50.2 Å². The molecule has 0 bridgehead atoms. The molecule has 4 saturated carbocycles. The normalized spacial score (nSPS) is 53.4. The third kappa shape index (κ3) is 8.03. The lowest BCUT2D eigenvalue weighted by Gasteiger charge is -2.71. The molecule has 68 heavy (non-hydrogen) atoms. The van der Waals surface area contributed by atoms with Gasteiger partial charge in [0.25, 0.3) is 0 Å². The van der Waals surface area contributed by atoms with Crippen LogP contribution in [0.4, 0.5) is 0 Å². The van der Waals surface area contributed by atoms with Crippen molar-refractivity contribution in [3.63, 3.8) is 0 Å². The number of carboxylic acid groups (broad SMARTS) is 1. The van der Waals surface area contributed by atoms with Gasteiger partial charge >= 0.3 is 11.9 Å². The molecule has 24 atom stereocenters. The van der Waals surface area contributed by atoms with Gasteiger partial charge in [-0.25, -0.2) is 0 Å². The maximum Gasteiger partial charge on any atom is 0.315 e. The fourth-order valence-corrected chi connectivity index (χ4v) is 14.8. The van der Waals surface area contributed by atoms with Gasteiger partial charge in [0.1, 0.15) is 73.2 Å². The highest BCUT2D eigenvalue weighted by Crippen LogP contribution is 2.76. The first-order valence-corrected chi connectivity index (χ1v) is 24.5. The molecule has 388 valence electrons. The van der Waals surface area contributed by atoms with Gasteiger partial charge < -0.3 is 89.7 Å². The first kappa shape index (κ1) is 52.4. The van der Waals surface area contributed by atoms with Crippen molar-refractivity contribution in [2.45, 2.75) is 204 Å². The summed E-state index contributed by atoms with van der Waals surface area (Å²) in [6, 6.07) is 0. The highest BCUT2D eigenvalue weighted by molar-refractivity contribution is 5.79. The maximum atomic E-state index is 15.3. The number of aliphatic carboxylic acids is 1. The number of hydrogen-bond donors (Lipinski definition) is 12. The van der Waals surface area contributed by atoms with Gasteiger partial charge in [-0.05, 0) is 111 Å². The van der Waals surface area contributed by atoms with E-state index in [-0.39, 0.29) is 34.0 Å². The molecule has 5 aliphatic carbocycles. The minimum Gasteiger partial charge on any atom is -0.481 e. The summed E-state index contributed by atoms with van der Waals surface area (Å²) in [6.45, 7) is 10.6. The van der Waals surface area contributed by atoms with Gasteiger partial charge in [0.05, 0.1) is 36.8 Å². The van der Waals surface area contributed by atoms with E-state index in [1.165, 1.54) is 0 Å². The molecule has 0 radical (unpaired) electrons. The predicted molar refractivity (Wildman–Crippen MR) is 232 cm³/mol. The third-order valence-electron chi connectivity index (χ3n) is 19.4. The molecule has 0 spiro atoms. The summed E-state index contributed by atoms with van der Waals surface area (Å²) in [6.07, 6.45) is -19.1. The van der Waals surface area contributed by atoms with Gasteiger partial charge in [-0.3, -0.25) is 9.59 Å². The lowest BCUT2D eigenvalue weighted by Crippen LogP contribution is -2.67. The summed E-state index contributed by atoms with van der Waals surface area (Å²) in [4.78, 5) is 28.2. The van der Waals surface area contributed by atoms with Crippen molar-refractivity contribution in [3.05, 3.63) is 11.6 Å². The SMILES string of the molecule is CC1(C)CCC2(C(=O)O[C@@H]3O[C@H](CO[C@@H]4O[C@H](CO)[C@@H](O)[C@H](O)[C@H]4O)[C@@H](O)[C@H](O[C@@H]4O[C@H](CO)[C@@H](O)[C@H](O)[C@H]4O)[C@H]3O)CCC3(C)C(=CCC4C5(C)CCC(O)C(C)(C(=O)O)C5CCC43C)C2C1. The van der Waals surface area contributed by atoms with E-state index in [0.717, 1.165) is 12.0 Å². The number of rotatable bonds is 10. The number of aliphatic hydroxyl groups excluding tert-OH is 11. The summed E-state index contributed by atoms with van der Waals surface area (Å²) < 4.78 is 35.0. The Morgan fingerprint density at radius 2 is 1.24 bits per heavy atom. The van der Waals surface area contributed by atoms with E-state index >= 15 is 4.79 Å². The van der Waals surface area contributed by atoms with Crippen LogP contribution in [0.1, 0.15) is 106 Å². The Labute approximate surface area is 396 Å². The Hall–Kier alpha value is -1.96. The van der Waals surface area contributed by atoms with E-state index in [9.17, 15) is 66.1 Å². The predicted octanol–water partition coefficient (Wildman–Crippen LogP) is -0.795. The zero-order chi connectivity index (χ0) is 49.8. The van der Waals surface area contributed by atoms with Crippen LogP contribution in [0.5, 0.6) is 0 Å². The van der Waals surface area contributed by atoms with Crippen molar-refractivity contribution in [1.82, 2.24) is 0 Å². The summed E-state index contributed by atoms with van der Waals surface area (Å²) >= 11 is 0. The van der Waals surface area contributed by atoms with E-state index < -0.39 is 146 Å². The molecule has 8 rings (SSSR count). The largest absolute Gasteiger partial charge is 0.481 e. The molecule has 7 fully saturated rings. The van der Waals surface area contributed by atoms with Crippen LogP contribution < -0.4 is 0 Å². The number of hydrogen-bond acceptors (Lipinski definition) is 19. The van der Waals surface area contributed by atoms with E-state index in [0.29, 0.717) is 57.8 Å². The average Bonchev–Trinajstić information content (AvgIpc) is 3.29. The lowest BCUT2D eigenvalue weighted by atomic mass is 9.33. The summed E-state index contributed by atoms with van der Waals surface area (Å²) in [5.74, 6) is -2.09. The van der Waals surface area contributed by atoms with Gasteiger partial charge in [-0.1, -0.05) is 46.3 Å². The molecule has 3 heterocycles. The first-order valence-electron chi connectivity index (χ1n) is 24.5. The topological polar surface area (TPSA) is 332 Å². The van der Waals surface area contributed by atoms with Gasteiger partial charge in [0.15, 0.2) is 12.6 Å². The average molecular weight is 973 g/mol. The van der Waals surface area contributed by atoms with Crippen LogP contribution in [0.3, 0.4) is 0 Å². The Morgan fingerprint density at radius 1 is 0.647 bits per heavy atom. The van der Waals surface area contributed by atoms with Crippen LogP contribution >= 0.6 is 0 Å². The molecule has 3 saturated heterocycles. The highest BCUT2D eigenvalue weighted by atomic mass is 16.8. The van der Waals surface area contributed by atoms with Gasteiger partial charge in [0, 0.05) is 0 Å². The molecule has 0 amide bonds. The minimum absolute atomic E-state index is 0.102. The lowest BCUT2D eigenvalue weighted by molar-refractivity contribution is -0.363. The molecule has 20 nitrogen and oxygen atoms in total. The molecule has 0 aromatic rings. The van der Waals surface area contributed by atoms with Crippen molar-refractivity contribution < 1.29 is 99.3 Å². The van der Waals surface area contributed by atoms with E-state index in [4.69, 9.17) is 28.4 Å². The number of esters is 1. The Kier molecular flexibility index (Phi) is 14.3. The van der Waals surface area contributed by atoms with Crippen LogP contribution in [0.15, 0.2) is 11.6 Å². The van der Waals surface area contributed by atoms with Crippen LogP contribution in [0.2, 0.25) is 0 Å². The fourth-order valence-electron chi connectivity index (χ4n) is 14.8. The molecule has 0 aromatic heterocycles. The fraction of sp³-hybridized carbons (Fsp3) is 0.917. The van der Waals surface area contributed by atoms with Gasteiger partial charge in [-0.15, -0.1) is 0 Å². The van der Waals surface area contributed by atoms with Crippen LogP contribution in [-0.4, -0.2) is 191 Å². The molecule has 9 unspecified atom stereocenters. The zero-order valence-corrected chi connectivity index (χ0v) is 39.9. The molecule has 8 aliphatic rings. The smallest absolute Gasteiger partial charge is 0.315 e. The molecular formula is C48H76O20. The third-order valence-corrected chi connectivity index (χ3v) is 19.4. The highest BCUT2D eigenvalue weighted by Gasteiger charge is 2.71. The van der Waals surface area contributed by atoms with Crippen molar-refractivity contribution >= 4 is 11.9 Å². The number of carbonyl (C=O) groups is 2. The van der Waals surface area contributed by atoms with Gasteiger partial charge in [0.2, 0.25) is 6.29 Å². The number of aliphatic hydroxyl groups is 11. The first-order chi connectivity index (χ1) is 31.8. The molecular weight excluding hydrogens is 897 g/mol. The van der Waals surface area contributed by atoms with Crippen molar-refractivity contribution in [2.75, 3.05) is 19.8 Å². The Balaban J connectivity index is 1.09. The second kappa shape index (κ2) is 18.5. The molecule has 0 aromatic carbocycles. The van der Waals surface area contributed by atoms with E-state index in [1.807, 2.05) is 0 Å². The molecule has 3 aliphatic heterocycles. The van der Waals surface area contributed by atoms with Crippen molar-refractivity contribution in [1.29, 1.82) is 0 Å². The number of ether oxygens (including phenoxy) is 6. The number of carboxylic acids is 1. The quantitative estimate of drug-likeness (QED) is 0.0942. The zero-order valence-electron chi connectivity index (χ0n) is 39.9.